The van der Waals surface area contributed by atoms with E-state index >= 15 is 0 Å². The second-order valence-electron chi connectivity index (χ2n) is 5.15. The second-order valence-corrected chi connectivity index (χ2v) is 5.15. The molecule has 1 heterocycles. The number of hydrogen-bond donors (Lipinski definition) is 2. The Morgan fingerprint density at radius 3 is 1.64 bits per heavy atom. The molecule has 0 radical (unpaired) electrons. The number of hydrogen-bond acceptors (Lipinski definition) is 1. The van der Waals surface area contributed by atoms with Gasteiger partial charge in [0.25, 0.3) is 5.56 Å². The molecular weight excluding hydrogens is 286 g/mol. The van der Waals surface area contributed by atoms with Crippen molar-refractivity contribution in [1.29, 1.82) is 0 Å². The van der Waals surface area contributed by atoms with E-state index in [9.17, 15) is 13.6 Å². The molecule has 1 aromatic heterocycles. The van der Waals surface area contributed by atoms with Crippen molar-refractivity contribution >= 4 is 0 Å². The third-order valence-corrected chi connectivity index (χ3v) is 3.71. The van der Waals surface area contributed by atoms with Crippen LogP contribution in [0.15, 0.2) is 53.3 Å². The Hall–Kier alpha value is -2.69. The Morgan fingerprint density at radius 1 is 0.818 bits per heavy atom. The van der Waals surface area contributed by atoms with Gasteiger partial charge in [0.2, 0.25) is 0 Å². The van der Waals surface area contributed by atoms with Crippen LogP contribution in [-0.2, 0) is 0 Å². The Kier molecular flexibility index (Phi) is 3.63. The van der Waals surface area contributed by atoms with E-state index in [0.29, 0.717) is 11.3 Å². The first kappa shape index (κ1) is 14.3. The highest BCUT2D eigenvalue weighted by atomic mass is 19.1. The predicted octanol–water partition coefficient (Wildman–Crippen LogP) is 3.47. The lowest BCUT2D eigenvalue weighted by atomic mass is 9.85. The summed E-state index contributed by atoms with van der Waals surface area (Å²) in [6.45, 7) is 1.78. The number of aryl methyl sites for hydroxylation is 1. The third kappa shape index (κ3) is 2.57. The average Bonchev–Trinajstić information content (AvgIpc) is 2.83. The molecule has 5 heteroatoms. The van der Waals surface area contributed by atoms with Gasteiger partial charge in [0.15, 0.2) is 0 Å². The van der Waals surface area contributed by atoms with Gasteiger partial charge in [-0.05, 0) is 42.3 Å². The summed E-state index contributed by atoms with van der Waals surface area (Å²) in [6.07, 6.45) is 0. The molecule has 22 heavy (non-hydrogen) atoms. The average molecular weight is 300 g/mol. The number of rotatable bonds is 3. The standard InChI is InChI=1S/C17H14F2N2O/c1-10-15(17(22)21-20-10)16(11-2-6-13(18)7-3-11)12-4-8-14(19)9-5-12/h2-9,16H,1H3,(H2,20,21,22). The number of nitrogens with one attached hydrogen (secondary N) is 2. The summed E-state index contributed by atoms with van der Waals surface area (Å²) in [4.78, 5) is 12.1. The van der Waals surface area contributed by atoms with Crippen molar-refractivity contribution in [1.82, 2.24) is 10.2 Å². The minimum absolute atomic E-state index is 0.240. The first-order valence-corrected chi connectivity index (χ1v) is 6.84. The van der Waals surface area contributed by atoms with Crippen LogP contribution in [0.3, 0.4) is 0 Å². The zero-order chi connectivity index (χ0) is 15.7. The van der Waals surface area contributed by atoms with Gasteiger partial charge < -0.3 is 5.10 Å². The van der Waals surface area contributed by atoms with Gasteiger partial charge >= 0.3 is 0 Å². The molecule has 0 saturated heterocycles. The fraction of sp³-hybridized carbons (Fsp3) is 0.118. The minimum atomic E-state index is -0.392. The van der Waals surface area contributed by atoms with Crippen molar-refractivity contribution in [2.45, 2.75) is 12.8 Å². The zero-order valence-corrected chi connectivity index (χ0v) is 11.9. The largest absolute Gasteiger partial charge is 0.302 e. The van der Waals surface area contributed by atoms with Crippen LogP contribution in [0.4, 0.5) is 8.78 Å². The molecule has 0 aliphatic carbocycles. The summed E-state index contributed by atoms with van der Waals surface area (Å²) < 4.78 is 26.4. The van der Waals surface area contributed by atoms with E-state index < -0.39 is 5.92 Å². The number of H-pyrrole nitrogens is 2. The lowest BCUT2D eigenvalue weighted by Crippen LogP contribution is -2.14. The molecule has 0 atom stereocenters. The highest BCUT2D eigenvalue weighted by molar-refractivity contribution is 5.43. The monoisotopic (exact) mass is 300 g/mol. The second kappa shape index (κ2) is 5.60. The maximum absolute atomic E-state index is 13.2. The smallest absolute Gasteiger partial charge is 0.268 e. The van der Waals surface area contributed by atoms with Crippen LogP contribution in [0.2, 0.25) is 0 Å². The van der Waals surface area contributed by atoms with Gasteiger partial charge in [-0.1, -0.05) is 24.3 Å². The first-order chi connectivity index (χ1) is 10.6. The number of aromatic nitrogens is 2. The van der Waals surface area contributed by atoms with E-state index in [4.69, 9.17) is 0 Å². The summed E-state index contributed by atoms with van der Waals surface area (Å²) in [6, 6.07) is 11.9. The maximum Gasteiger partial charge on any atom is 0.268 e. The molecule has 0 amide bonds. The van der Waals surface area contributed by atoms with Gasteiger partial charge in [0, 0.05) is 11.6 Å². The molecule has 3 nitrogen and oxygen atoms in total. The van der Waals surface area contributed by atoms with Crippen molar-refractivity contribution in [2.24, 2.45) is 0 Å². The molecule has 3 aromatic rings. The van der Waals surface area contributed by atoms with E-state index in [1.54, 1.807) is 31.2 Å². The van der Waals surface area contributed by atoms with Crippen molar-refractivity contribution in [2.75, 3.05) is 0 Å². The van der Waals surface area contributed by atoms with Crippen molar-refractivity contribution in [3.63, 3.8) is 0 Å². The Morgan fingerprint density at radius 2 is 1.27 bits per heavy atom. The molecule has 0 spiro atoms. The number of halogens is 2. The molecule has 0 aliphatic rings. The molecule has 0 aliphatic heterocycles. The summed E-state index contributed by atoms with van der Waals surface area (Å²) in [5, 5.41) is 5.34. The van der Waals surface area contributed by atoms with Crippen LogP contribution in [0.25, 0.3) is 0 Å². The summed E-state index contributed by atoms with van der Waals surface area (Å²) in [5.74, 6) is -1.08. The van der Waals surface area contributed by atoms with Crippen LogP contribution in [0.1, 0.15) is 28.3 Å². The molecular formula is C17H14F2N2O. The molecule has 3 rings (SSSR count). The summed E-state index contributed by atoms with van der Waals surface area (Å²) in [7, 11) is 0. The van der Waals surface area contributed by atoms with Gasteiger partial charge in [-0.15, -0.1) is 0 Å². The fourth-order valence-corrected chi connectivity index (χ4v) is 2.64. The molecule has 112 valence electrons. The van der Waals surface area contributed by atoms with Crippen molar-refractivity contribution in [3.05, 3.63) is 92.9 Å². The Bertz CT molecular complexity index is 787. The van der Waals surface area contributed by atoms with Crippen LogP contribution >= 0.6 is 0 Å². The number of benzene rings is 2. The van der Waals surface area contributed by atoms with Gasteiger partial charge in [0.1, 0.15) is 11.6 Å². The van der Waals surface area contributed by atoms with E-state index in [1.165, 1.54) is 24.3 Å². The van der Waals surface area contributed by atoms with E-state index in [-0.39, 0.29) is 17.2 Å². The SMILES string of the molecule is Cc1[nH][nH]c(=O)c1C(c1ccc(F)cc1)c1ccc(F)cc1. The molecule has 0 saturated carbocycles. The van der Waals surface area contributed by atoms with Crippen molar-refractivity contribution in [3.8, 4) is 0 Å². The summed E-state index contributed by atoms with van der Waals surface area (Å²) in [5.41, 5.74) is 2.53. The zero-order valence-electron chi connectivity index (χ0n) is 11.9. The quantitative estimate of drug-likeness (QED) is 0.764. The topological polar surface area (TPSA) is 48.6 Å². The lowest BCUT2D eigenvalue weighted by molar-refractivity contribution is 0.626. The van der Waals surface area contributed by atoms with Crippen LogP contribution in [0.5, 0.6) is 0 Å². The number of aromatic amines is 2. The normalized spacial score (nSPS) is 11.1. The van der Waals surface area contributed by atoms with E-state index in [1.807, 2.05) is 0 Å². The molecule has 2 aromatic carbocycles. The molecule has 0 bridgehead atoms. The highest BCUT2D eigenvalue weighted by Gasteiger charge is 2.23. The Labute approximate surface area is 125 Å². The van der Waals surface area contributed by atoms with Gasteiger partial charge in [-0.2, -0.15) is 0 Å². The molecule has 0 unspecified atom stereocenters. The predicted molar refractivity (Wildman–Crippen MR) is 79.9 cm³/mol. The first-order valence-electron chi connectivity index (χ1n) is 6.84. The Balaban J connectivity index is 2.20. The van der Waals surface area contributed by atoms with Crippen LogP contribution in [0, 0.1) is 18.6 Å². The minimum Gasteiger partial charge on any atom is -0.302 e. The third-order valence-electron chi connectivity index (χ3n) is 3.71. The van der Waals surface area contributed by atoms with Gasteiger partial charge in [-0.25, -0.2) is 8.78 Å². The highest BCUT2D eigenvalue weighted by Crippen LogP contribution is 2.31. The lowest BCUT2D eigenvalue weighted by Gasteiger charge is -2.17. The van der Waals surface area contributed by atoms with E-state index in [0.717, 1.165) is 11.1 Å². The molecule has 2 N–H and O–H groups in total. The summed E-state index contributed by atoms with van der Waals surface area (Å²) >= 11 is 0. The van der Waals surface area contributed by atoms with E-state index in [2.05, 4.69) is 10.2 Å². The van der Waals surface area contributed by atoms with Gasteiger partial charge in [-0.3, -0.25) is 9.89 Å². The maximum atomic E-state index is 13.2. The molecule has 0 fully saturated rings. The van der Waals surface area contributed by atoms with Crippen LogP contribution < -0.4 is 5.56 Å². The fourth-order valence-electron chi connectivity index (χ4n) is 2.64. The van der Waals surface area contributed by atoms with Crippen LogP contribution in [-0.4, -0.2) is 10.2 Å². The van der Waals surface area contributed by atoms with Crippen molar-refractivity contribution < 1.29 is 8.78 Å². The van der Waals surface area contributed by atoms with Gasteiger partial charge in [0.05, 0.1) is 5.56 Å².